The zero-order valence-electron chi connectivity index (χ0n) is 21.5. The van der Waals surface area contributed by atoms with Crippen LogP contribution in [0.5, 0.6) is 11.6 Å². The van der Waals surface area contributed by atoms with Crippen LogP contribution >= 0.6 is 0 Å². The van der Waals surface area contributed by atoms with Crippen molar-refractivity contribution >= 4 is 21.5 Å². The van der Waals surface area contributed by atoms with Gasteiger partial charge in [-0.25, -0.2) is 23.1 Å². The third-order valence-corrected chi connectivity index (χ3v) is 8.67. The van der Waals surface area contributed by atoms with Gasteiger partial charge in [-0.2, -0.15) is 5.10 Å². The van der Waals surface area contributed by atoms with Gasteiger partial charge in [0.1, 0.15) is 0 Å². The third kappa shape index (κ3) is 5.41. The van der Waals surface area contributed by atoms with Gasteiger partial charge in [0.15, 0.2) is 11.6 Å². The van der Waals surface area contributed by atoms with Crippen LogP contribution in [0.3, 0.4) is 0 Å². The van der Waals surface area contributed by atoms with Crippen molar-refractivity contribution in [1.82, 2.24) is 29.4 Å². The molecule has 3 N–H and O–H groups in total. The predicted molar refractivity (Wildman–Crippen MR) is 142 cm³/mol. The molecule has 0 saturated carbocycles. The first-order valence-corrected chi connectivity index (χ1v) is 14.1. The molecule has 2 saturated heterocycles. The normalized spacial score (nSPS) is 19.4. The Labute approximate surface area is 217 Å². The number of aromatic nitrogens is 4. The molecule has 0 amide bonds. The lowest BCUT2D eigenvalue weighted by atomic mass is 10.1. The molecule has 37 heavy (non-hydrogen) atoms. The zero-order valence-corrected chi connectivity index (χ0v) is 22.3. The minimum Gasteiger partial charge on any atom is -0.433 e. The topological polar surface area (TPSA) is 132 Å². The van der Waals surface area contributed by atoms with E-state index in [4.69, 9.17) is 10.5 Å². The zero-order chi connectivity index (χ0) is 26.2. The van der Waals surface area contributed by atoms with Gasteiger partial charge in [-0.3, -0.25) is 4.68 Å². The van der Waals surface area contributed by atoms with Gasteiger partial charge in [-0.05, 0) is 78.0 Å². The van der Waals surface area contributed by atoms with E-state index in [1.54, 1.807) is 18.3 Å². The van der Waals surface area contributed by atoms with E-state index >= 15 is 0 Å². The van der Waals surface area contributed by atoms with E-state index in [1.807, 2.05) is 16.9 Å². The Hall–Kier alpha value is -3.22. The van der Waals surface area contributed by atoms with Gasteiger partial charge in [0.25, 0.3) is 5.88 Å². The lowest BCUT2D eigenvalue weighted by molar-refractivity contribution is 0.212. The first kappa shape index (κ1) is 25.4. The summed E-state index contributed by atoms with van der Waals surface area (Å²) in [6, 6.07) is 5.89. The van der Waals surface area contributed by atoms with Gasteiger partial charge in [0, 0.05) is 23.8 Å². The van der Waals surface area contributed by atoms with E-state index in [0.29, 0.717) is 29.1 Å². The van der Waals surface area contributed by atoms with Crippen LogP contribution in [-0.4, -0.2) is 72.8 Å². The molecule has 5 rings (SSSR count). The number of likely N-dealkylation sites (tertiary alicyclic amines) is 1. The van der Waals surface area contributed by atoms with Crippen molar-refractivity contribution in [3.63, 3.8) is 0 Å². The summed E-state index contributed by atoms with van der Waals surface area (Å²) in [6.45, 7) is 5.07. The number of nitrogens with one attached hydrogen (secondary N) is 1. The molecule has 1 unspecified atom stereocenters. The molecule has 2 aromatic heterocycles. The Morgan fingerprint density at radius 3 is 2.59 bits per heavy atom. The van der Waals surface area contributed by atoms with Gasteiger partial charge >= 0.3 is 0 Å². The Balaban J connectivity index is 1.45. The summed E-state index contributed by atoms with van der Waals surface area (Å²) in [6.07, 6.45) is 9.22. The van der Waals surface area contributed by atoms with Crippen molar-refractivity contribution in [1.29, 1.82) is 0 Å². The fourth-order valence-electron chi connectivity index (χ4n) is 5.03. The molecule has 2 aliphatic heterocycles. The molecule has 0 spiro atoms. The van der Waals surface area contributed by atoms with E-state index in [1.165, 1.54) is 13.2 Å². The molecule has 1 atom stereocenters. The van der Waals surface area contributed by atoms with Crippen LogP contribution in [0, 0.1) is 0 Å². The molecule has 198 valence electrons. The van der Waals surface area contributed by atoms with Crippen LogP contribution in [0.2, 0.25) is 0 Å². The summed E-state index contributed by atoms with van der Waals surface area (Å²) >= 11 is 0. The first-order chi connectivity index (χ1) is 17.7. The summed E-state index contributed by atoms with van der Waals surface area (Å²) in [5.74, 6) is 0.816. The number of hydrogen-bond acceptors (Lipinski definition) is 9. The second-order valence-electron chi connectivity index (χ2n) is 9.85. The number of benzene rings is 1. The van der Waals surface area contributed by atoms with Gasteiger partial charge in [0.05, 0.1) is 35.2 Å². The van der Waals surface area contributed by atoms with Crippen molar-refractivity contribution in [2.24, 2.45) is 0 Å². The Bertz CT molecular complexity index is 1370. The molecule has 0 radical (unpaired) electrons. The Morgan fingerprint density at radius 1 is 1.11 bits per heavy atom. The molecular weight excluding hydrogens is 492 g/mol. The highest BCUT2D eigenvalue weighted by atomic mass is 32.2. The minimum absolute atomic E-state index is 0.142. The van der Waals surface area contributed by atoms with Crippen molar-refractivity contribution in [2.45, 2.75) is 49.6 Å². The van der Waals surface area contributed by atoms with Crippen LogP contribution in [0.4, 0.5) is 11.5 Å². The fraction of sp³-hybridized carbons (Fsp3) is 0.480. The average molecular weight is 527 g/mol. The van der Waals surface area contributed by atoms with Gasteiger partial charge in [-0.15, -0.1) is 0 Å². The maximum atomic E-state index is 12.7. The maximum absolute atomic E-state index is 12.7. The molecule has 2 aliphatic rings. The van der Waals surface area contributed by atoms with E-state index in [0.717, 1.165) is 51.0 Å². The lowest BCUT2D eigenvalue weighted by Gasteiger charge is -2.28. The standard InChI is InChI=1S/C25H34N8O3S/c1-17-5-4-8-32(17)20-11-18(12-22(13-20)37(34,35)27-2)23-15-28-24(26)25(30-23)36-21-14-29-33(16-21)19-6-9-31(3)10-7-19/h11-17,19,27H,4-10H2,1-3H3,(H2,26,28). The second kappa shape index (κ2) is 10.3. The molecule has 11 nitrogen and oxygen atoms in total. The van der Waals surface area contributed by atoms with Crippen molar-refractivity contribution in [3.05, 3.63) is 36.8 Å². The maximum Gasteiger partial charge on any atom is 0.263 e. The molecule has 4 heterocycles. The minimum atomic E-state index is -3.67. The average Bonchev–Trinajstić information content (AvgIpc) is 3.54. The van der Waals surface area contributed by atoms with Crippen LogP contribution in [0.1, 0.15) is 38.6 Å². The number of piperidine rings is 1. The smallest absolute Gasteiger partial charge is 0.263 e. The van der Waals surface area contributed by atoms with Crippen molar-refractivity contribution < 1.29 is 13.2 Å². The number of sulfonamides is 1. The van der Waals surface area contributed by atoms with E-state index in [9.17, 15) is 8.42 Å². The van der Waals surface area contributed by atoms with Gasteiger partial charge < -0.3 is 20.3 Å². The van der Waals surface area contributed by atoms with Gasteiger partial charge in [0.2, 0.25) is 10.0 Å². The lowest BCUT2D eigenvalue weighted by Crippen LogP contribution is -2.31. The van der Waals surface area contributed by atoms with Crippen LogP contribution in [-0.2, 0) is 10.0 Å². The number of nitrogens with zero attached hydrogens (tertiary/aromatic N) is 6. The van der Waals surface area contributed by atoms with E-state index in [2.05, 4.69) is 43.6 Å². The van der Waals surface area contributed by atoms with Crippen molar-refractivity contribution in [2.75, 3.05) is 44.4 Å². The van der Waals surface area contributed by atoms with Crippen molar-refractivity contribution in [3.8, 4) is 22.9 Å². The molecule has 0 bridgehead atoms. The second-order valence-corrected chi connectivity index (χ2v) is 11.7. The van der Waals surface area contributed by atoms with E-state index < -0.39 is 10.0 Å². The number of hydrogen-bond donors (Lipinski definition) is 2. The summed E-state index contributed by atoms with van der Waals surface area (Å²) < 4.78 is 35.8. The quantitative estimate of drug-likeness (QED) is 0.477. The molecule has 3 aromatic rings. The monoisotopic (exact) mass is 526 g/mol. The molecule has 2 fully saturated rings. The number of anilines is 2. The number of nitrogens with two attached hydrogens (primary N) is 1. The predicted octanol–water partition coefficient (Wildman–Crippen LogP) is 2.88. The highest BCUT2D eigenvalue weighted by Crippen LogP contribution is 2.34. The molecule has 0 aliphatic carbocycles. The summed E-state index contributed by atoms with van der Waals surface area (Å²) in [5, 5.41) is 4.49. The van der Waals surface area contributed by atoms with Crippen LogP contribution in [0.15, 0.2) is 41.7 Å². The SMILES string of the molecule is CNS(=O)(=O)c1cc(-c2cnc(N)c(Oc3cnn(C4CCN(C)CC4)c3)n2)cc(N2CCCC2C)c1. The molecule has 1 aromatic carbocycles. The van der Waals surface area contributed by atoms with Crippen LogP contribution in [0.25, 0.3) is 11.3 Å². The number of nitrogen functional groups attached to an aromatic ring is 1. The van der Waals surface area contributed by atoms with Crippen LogP contribution < -0.4 is 20.1 Å². The highest BCUT2D eigenvalue weighted by Gasteiger charge is 2.24. The first-order valence-electron chi connectivity index (χ1n) is 12.6. The number of ether oxygens (including phenoxy) is 1. The van der Waals surface area contributed by atoms with Gasteiger partial charge in [-0.1, -0.05) is 0 Å². The molecular formula is C25H34N8O3S. The summed E-state index contributed by atoms with van der Waals surface area (Å²) in [4.78, 5) is 13.6. The fourth-order valence-corrected chi connectivity index (χ4v) is 5.82. The van der Waals surface area contributed by atoms with E-state index in [-0.39, 0.29) is 16.6 Å². The third-order valence-electron chi connectivity index (χ3n) is 7.27. The summed E-state index contributed by atoms with van der Waals surface area (Å²) in [5.41, 5.74) is 8.01. The highest BCUT2D eigenvalue weighted by molar-refractivity contribution is 7.89. The summed E-state index contributed by atoms with van der Waals surface area (Å²) in [7, 11) is -0.142. The Morgan fingerprint density at radius 2 is 1.89 bits per heavy atom. The largest absolute Gasteiger partial charge is 0.433 e. The molecule has 12 heteroatoms. The Kier molecular flexibility index (Phi) is 7.06. The number of rotatable bonds is 7.